The third-order valence-corrected chi connectivity index (χ3v) is 4.00. The predicted molar refractivity (Wildman–Crippen MR) is 52.2 cm³/mol. The summed E-state index contributed by atoms with van der Waals surface area (Å²) in [6.45, 7) is 6.28. The molecule has 0 N–H and O–H groups in total. The molecule has 0 amide bonds. The van der Waals surface area contributed by atoms with E-state index in [1.807, 2.05) is 0 Å². The van der Waals surface area contributed by atoms with Crippen LogP contribution < -0.4 is 0 Å². The second-order valence-electron chi connectivity index (χ2n) is 4.64. The molecule has 12 heavy (non-hydrogen) atoms. The number of hydrogen-bond donors (Lipinski definition) is 0. The van der Waals surface area contributed by atoms with Gasteiger partial charge in [0.2, 0.25) is 0 Å². The van der Waals surface area contributed by atoms with Crippen molar-refractivity contribution in [1.29, 1.82) is 0 Å². The van der Waals surface area contributed by atoms with Crippen LogP contribution in [0, 0.1) is 5.41 Å². The van der Waals surface area contributed by atoms with Crippen molar-refractivity contribution in [3.05, 3.63) is 0 Å². The van der Waals surface area contributed by atoms with Crippen LogP contribution in [0.3, 0.4) is 0 Å². The first-order valence-corrected chi connectivity index (χ1v) is 5.57. The van der Waals surface area contributed by atoms with Crippen molar-refractivity contribution >= 4 is 0 Å². The van der Waals surface area contributed by atoms with Crippen molar-refractivity contribution in [3.8, 4) is 0 Å². The minimum Gasteiger partial charge on any atom is -0.304 e. The Morgan fingerprint density at radius 2 is 1.75 bits per heavy atom. The number of likely N-dealkylation sites (tertiary alicyclic amines) is 1. The first kappa shape index (κ1) is 8.55. The largest absolute Gasteiger partial charge is 0.304 e. The molecule has 1 saturated carbocycles. The molecule has 0 aromatic carbocycles. The van der Waals surface area contributed by atoms with E-state index in [-0.39, 0.29) is 0 Å². The molecule has 1 aliphatic carbocycles. The van der Waals surface area contributed by atoms with Crippen molar-refractivity contribution in [2.24, 2.45) is 5.41 Å². The molecule has 0 unspecified atom stereocenters. The summed E-state index contributed by atoms with van der Waals surface area (Å²) in [5.41, 5.74) is 0.823. The molecule has 0 radical (unpaired) electrons. The van der Waals surface area contributed by atoms with Gasteiger partial charge >= 0.3 is 0 Å². The van der Waals surface area contributed by atoms with E-state index >= 15 is 0 Å². The van der Waals surface area contributed by atoms with Crippen LogP contribution in [0.5, 0.6) is 0 Å². The second kappa shape index (κ2) is 3.37. The van der Waals surface area contributed by atoms with Crippen LogP contribution in [0.2, 0.25) is 0 Å². The van der Waals surface area contributed by atoms with Gasteiger partial charge < -0.3 is 4.90 Å². The molecule has 0 aromatic rings. The van der Waals surface area contributed by atoms with E-state index in [0.29, 0.717) is 0 Å². The molecule has 2 fully saturated rings. The molecule has 1 heterocycles. The van der Waals surface area contributed by atoms with Crippen molar-refractivity contribution in [3.63, 3.8) is 0 Å². The lowest BCUT2D eigenvalue weighted by Gasteiger charge is -2.41. The van der Waals surface area contributed by atoms with Crippen molar-refractivity contribution < 1.29 is 0 Å². The van der Waals surface area contributed by atoms with Gasteiger partial charge in [-0.3, -0.25) is 0 Å². The first-order chi connectivity index (χ1) is 5.85. The topological polar surface area (TPSA) is 3.24 Å². The van der Waals surface area contributed by atoms with Crippen molar-refractivity contribution in [2.75, 3.05) is 19.6 Å². The zero-order chi connectivity index (χ0) is 8.44. The van der Waals surface area contributed by atoms with Crippen LogP contribution in [0.1, 0.15) is 45.4 Å². The molecule has 1 spiro atoms. The number of nitrogens with zero attached hydrogens (tertiary/aromatic N) is 1. The maximum atomic E-state index is 2.62. The molecular formula is C11H21N. The molecule has 1 saturated heterocycles. The summed E-state index contributed by atoms with van der Waals surface area (Å²) in [5.74, 6) is 0. The van der Waals surface area contributed by atoms with E-state index < -0.39 is 0 Å². The summed E-state index contributed by atoms with van der Waals surface area (Å²) in [6, 6.07) is 0. The lowest BCUT2D eigenvalue weighted by Crippen LogP contribution is -2.31. The fourth-order valence-corrected chi connectivity index (χ4v) is 2.80. The van der Waals surface area contributed by atoms with Crippen molar-refractivity contribution in [1.82, 2.24) is 4.90 Å². The Bertz CT molecular complexity index is 149. The minimum absolute atomic E-state index is 0.823. The van der Waals surface area contributed by atoms with Crippen LogP contribution in [0.15, 0.2) is 0 Å². The third kappa shape index (κ3) is 1.52. The smallest absolute Gasteiger partial charge is 0.00136 e. The average Bonchev–Trinajstić information content (AvgIpc) is 2.24. The van der Waals surface area contributed by atoms with Crippen LogP contribution >= 0.6 is 0 Å². The van der Waals surface area contributed by atoms with Crippen molar-refractivity contribution in [2.45, 2.75) is 45.4 Å². The second-order valence-corrected chi connectivity index (χ2v) is 4.64. The summed E-state index contributed by atoms with van der Waals surface area (Å²) >= 11 is 0. The summed E-state index contributed by atoms with van der Waals surface area (Å²) < 4.78 is 0. The quantitative estimate of drug-likeness (QED) is 0.580. The summed E-state index contributed by atoms with van der Waals surface area (Å²) in [5, 5.41) is 0. The Kier molecular flexibility index (Phi) is 2.40. The van der Waals surface area contributed by atoms with Gasteiger partial charge in [-0.2, -0.15) is 0 Å². The predicted octanol–water partition coefficient (Wildman–Crippen LogP) is 2.66. The highest BCUT2D eigenvalue weighted by Gasteiger charge is 2.37. The molecule has 70 valence electrons. The van der Waals surface area contributed by atoms with Crippen LogP contribution in [0.4, 0.5) is 0 Å². The molecule has 2 rings (SSSR count). The summed E-state index contributed by atoms with van der Waals surface area (Å²) in [7, 11) is 0. The van der Waals surface area contributed by atoms with Crippen LogP contribution in [-0.4, -0.2) is 24.5 Å². The number of hydrogen-bond acceptors (Lipinski definition) is 1. The van der Waals surface area contributed by atoms with Gasteiger partial charge in [0.1, 0.15) is 0 Å². The molecule has 0 aromatic heterocycles. The Labute approximate surface area is 76.1 Å². The fourth-order valence-electron chi connectivity index (χ4n) is 2.80. The van der Waals surface area contributed by atoms with E-state index in [4.69, 9.17) is 0 Å². The summed E-state index contributed by atoms with van der Waals surface area (Å²) in [4.78, 5) is 2.62. The Morgan fingerprint density at radius 3 is 2.33 bits per heavy atom. The van der Waals surface area contributed by atoms with E-state index in [0.717, 1.165) is 5.41 Å². The van der Waals surface area contributed by atoms with Gasteiger partial charge in [-0.05, 0) is 57.2 Å². The first-order valence-electron chi connectivity index (χ1n) is 5.57. The lowest BCUT2D eigenvalue weighted by molar-refractivity contribution is 0.109. The van der Waals surface area contributed by atoms with Gasteiger partial charge in [0.05, 0.1) is 0 Å². The zero-order valence-electron chi connectivity index (χ0n) is 8.31. The van der Waals surface area contributed by atoms with Crippen LogP contribution in [0.25, 0.3) is 0 Å². The monoisotopic (exact) mass is 167 g/mol. The lowest BCUT2D eigenvalue weighted by atomic mass is 9.64. The van der Waals surface area contributed by atoms with Gasteiger partial charge in [-0.15, -0.1) is 0 Å². The molecule has 0 atom stereocenters. The highest BCUT2D eigenvalue weighted by molar-refractivity contribution is 4.90. The number of rotatable bonds is 1. The molecular weight excluding hydrogens is 146 g/mol. The molecule has 2 aliphatic rings. The van der Waals surface area contributed by atoms with Gasteiger partial charge in [-0.1, -0.05) is 13.3 Å². The Balaban J connectivity index is 1.88. The average molecular weight is 167 g/mol. The van der Waals surface area contributed by atoms with Gasteiger partial charge in [0.25, 0.3) is 0 Å². The molecule has 1 aliphatic heterocycles. The minimum atomic E-state index is 0.823. The van der Waals surface area contributed by atoms with Gasteiger partial charge in [-0.25, -0.2) is 0 Å². The van der Waals surface area contributed by atoms with E-state index in [1.54, 1.807) is 0 Å². The van der Waals surface area contributed by atoms with Gasteiger partial charge in [0, 0.05) is 0 Å². The normalized spacial score (nSPS) is 29.8. The van der Waals surface area contributed by atoms with E-state index in [9.17, 15) is 0 Å². The Hall–Kier alpha value is -0.0400. The summed E-state index contributed by atoms with van der Waals surface area (Å²) in [6.07, 6.45) is 9.03. The Morgan fingerprint density at radius 1 is 1.00 bits per heavy atom. The molecule has 0 bridgehead atoms. The SMILES string of the molecule is CCN1CCCC2(CCC2)CC1. The fraction of sp³-hybridized carbons (Fsp3) is 1.00. The van der Waals surface area contributed by atoms with Gasteiger partial charge in [0.15, 0.2) is 0 Å². The maximum absolute atomic E-state index is 2.62. The molecule has 1 heteroatoms. The highest BCUT2D eigenvalue weighted by atomic mass is 15.1. The zero-order valence-corrected chi connectivity index (χ0v) is 8.31. The standard InChI is InChI=1S/C11H21N/c1-2-12-9-4-7-11(8-10-12)5-3-6-11/h2-10H2,1H3. The highest BCUT2D eigenvalue weighted by Crippen LogP contribution is 2.48. The maximum Gasteiger partial charge on any atom is -0.00136 e. The third-order valence-electron chi connectivity index (χ3n) is 4.00. The van der Waals surface area contributed by atoms with Crippen LogP contribution in [-0.2, 0) is 0 Å². The van der Waals surface area contributed by atoms with E-state index in [1.165, 1.54) is 58.2 Å². The van der Waals surface area contributed by atoms with E-state index in [2.05, 4.69) is 11.8 Å². The molecule has 1 nitrogen and oxygen atoms in total.